The number of aromatic nitrogens is 2. The molecule has 3 aromatic rings. The normalized spacial score (nSPS) is 16.4. The molecule has 2 aliphatic rings. The van der Waals surface area contributed by atoms with Crippen molar-refractivity contribution in [3.8, 4) is 17.4 Å². The Morgan fingerprint density at radius 2 is 1.82 bits per heavy atom. The summed E-state index contributed by atoms with van der Waals surface area (Å²) in [6, 6.07) is 13.6. The fourth-order valence-electron chi connectivity index (χ4n) is 3.57. The molecular weight excluding hydrogens is 356 g/mol. The molecule has 1 aromatic heterocycles. The van der Waals surface area contributed by atoms with Gasteiger partial charge in [-0.3, -0.25) is 0 Å². The summed E-state index contributed by atoms with van der Waals surface area (Å²) in [5, 5.41) is 5.35. The number of fused-ring (bicyclic) bond motifs is 2. The van der Waals surface area contributed by atoms with Crippen molar-refractivity contribution in [3.05, 3.63) is 54.4 Å². The molecule has 0 unspecified atom stereocenters. The topological polar surface area (TPSA) is 69.1 Å². The minimum Gasteiger partial charge on any atom is -0.454 e. The molecule has 3 heterocycles. The monoisotopic (exact) mass is 376 g/mol. The SMILES string of the molecule is c1ccc2c(ON=C(c3ccc4c(c3)OCO4)N3CCCCC3)ncnc2c1. The first-order valence-electron chi connectivity index (χ1n) is 9.48. The average Bonchev–Trinajstić information content (AvgIpc) is 3.23. The van der Waals surface area contributed by atoms with E-state index in [2.05, 4.69) is 20.0 Å². The van der Waals surface area contributed by atoms with E-state index in [1.54, 1.807) is 0 Å². The molecule has 0 aliphatic carbocycles. The Morgan fingerprint density at radius 1 is 0.964 bits per heavy atom. The molecule has 0 bridgehead atoms. The Labute approximate surface area is 162 Å². The van der Waals surface area contributed by atoms with Gasteiger partial charge < -0.3 is 19.2 Å². The van der Waals surface area contributed by atoms with Crippen LogP contribution in [0.25, 0.3) is 10.9 Å². The predicted octanol–water partition coefficient (Wildman–Crippen LogP) is 3.59. The number of nitrogens with zero attached hydrogens (tertiary/aromatic N) is 4. The predicted molar refractivity (Wildman–Crippen MR) is 105 cm³/mol. The number of hydrogen-bond acceptors (Lipinski definition) is 6. The molecule has 142 valence electrons. The maximum atomic E-state index is 5.83. The number of likely N-dealkylation sites (tertiary alicyclic amines) is 1. The molecule has 0 spiro atoms. The fraction of sp³-hybridized carbons (Fsp3) is 0.286. The number of ether oxygens (including phenoxy) is 2. The number of piperidine rings is 1. The van der Waals surface area contributed by atoms with Gasteiger partial charge in [-0.15, -0.1) is 0 Å². The smallest absolute Gasteiger partial charge is 0.259 e. The Balaban J connectivity index is 1.52. The van der Waals surface area contributed by atoms with Crippen LogP contribution in [0, 0.1) is 0 Å². The van der Waals surface area contributed by atoms with E-state index in [9.17, 15) is 0 Å². The van der Waals surface area contributed by atoms with E-state index >= 15 is 0 Å². The molecule has 2 aromatic carbocycles. The minimum absolute atomic E-state index is 0.248. The Hall–Kier alpha value is -3.35. The lowest BCUT2D eigenvalue weighted by molar-refractivity contribution is 0.174. The van der Waals surface area contributed by atoms with Gasteiger partial charge in [-0.2, -0.15) is 4.98 Å². The van der Waals surface area contributed by atoms with Crippen LogP contribution in [-0.2, 0) is 0 Å². The van der Waals surface area contributed by atoms with Crippen molar-refractivity contribution in [2.75, 3.05) is 19.9 Å². The van der Waals surface area contributed by atoms with Crippen LogP contribution in [0.3, 0.4) is 0 Å². The molecule has 0 saturated carbocycles. The first-order valence-corrected chi connectivity index (χ1v) is 9.48. The van der Waals surface area contributed by atoms with Crippen LogP contribution >= 0.6 is 0 Å². The number of rotatable bonds is 3. The number of hydrogen-bond donors (Lipinski definition) is 0. The second-order valence-electron chi connectivity index (χ2n) is 6.82. The van der Waals surface area contributed by atoms with Crippen LogP contribution in [0.2, 0.25) is 0 Å². The maximum absolute atomic E-state index is 5.83. The largest absolute Gasteiger partial charge is 0.454 e. The van der Waals surface area contributed by atoms with Crippen LogP contribution < -0.4 is 14.3 Å². The highest BCUT2D eigenvalue weighted by atomic mass is 16.7. The first-order chi connectivity index (χ1) is 13.9. The summed E-state index contributed by atoms with van der Waals surface area (Å²) < 4.78 is 11.0. The lowest BCUT2D eigenvalue weighted by atomic mass is 10.1. The molecule has 1 fully saturated rings. The van der Waals surface area contributed by atoms with Crippen LogP contribution in [0.1, 0.15) is 24.8 Å². The summed E-state index contributed by atoms with van der Waals surface area (Å²) in [7, 11) is 0. The standard InChI is InChI=1S/C21H20N4O3/c1-4-10-25(11-5-1)20(15-8-9-18-19(12-15)27-14-26-18)24-28-21-16-6-2-3-7-17(16)22-13-23-21/h2-3,6-9,12-13H,1,4-5,10-11,14H2. The lowest BCUT2D eigenvalue weighted by Gasteiger charge is -2.29. The zero-order valence-corrected chi connectivity index (χ0v) is 15.4. The van der Waals surface area contributed by atoms with Gasteiger partial charge in [0.05, 0.1) is 10.9 Å². The third-order valence-corrected chi connectivity index (χ3v) is 5.01. The molecule has 0 atom stereocenters. The third kappa shape index (κ3) is 3.19. The van der Waals surface area contributed by atoms with Gasteiger partial charge in [-0.05, 0) is 49.6 Å². The van der Waals surface area contributed by atoms with Gasteiger partial charge in [0, 0.05) is 18.7 Å². The highest BCUT2D eigenvalue weighted by molar-refractivity contribution is 5.99. The zero-order valence-electron chi connectivity index (χ0n) is 15.4. The van der Waals surface area contributed by atoms with Gasteiger partial charge in [0.2, 0.25) is 6.79 Å². The molecule has 0 radical (unpaired) electrons. The van der Waals surface area contributed by atoms with Crippen molar-refractivity contribution in [1.29, 1.82) is 0 Å². The molecule has 28 heavy (non-hydrogen) atoms. The van der Waals surface area contributed by atoms with Crippen molar-refractivity contribution in [1.82, 2.24) is 14.9 Å². The van der Waals surface area contributed by atoms with Gasteiger partial charge in [0.15, 0.2) is 17.3 Å². The molecule has 7 nitrogen and oxygen atoms in total. The van der Waals surface area contributed by atoms with Gasteiger partial charge in [0.1, 0.15) is 6.33 Å². The number of amidine groups is 1. The highest BCUT2D eigenvalue weighted by Crippen LogP contribution is 2.33. The summed E-state index contributed by atoms with van der Waals surface area (Å²) in [6.45, 7) is 2.14. The lowest BCUT2D eigenvalue weighted by Crippen LogP contribution is -2.36. The Kier molecular flexibility index (Phi) is 4.40. The van der Waals surface area contributed by atoms with E-state index in [4.69, 9.17) is 14.3 Å². The fourth-order valence-corrected chi connectivity index (χ4v) is 3.57. The number of oxime groups is 1. The summed E-state index contributed by atoms with van der Waals surface area (Å²) in [4.78, 5) is 16.6. The van der Waals surface area contributed by atoms with Crippen molar-refractivity contribution < 1.29 is 14.3 Å². The van der Waals surface area contributed by atoms with Gasteiger partial charge in [-0.1, -0.05) is 17.3 Å². The molecule has 0 N–H and O–H groups in total. The second-order valence-corrected chi connectivity index (χ2v) is 6.82. The minimum atomic E-state index is 0.248. The van der Waals surface area contributed by atoms with E-state index in [-0.39, 0.29) is 6.79 Å². The molecular formula is C21H20N4O3. The Bertz CT molecular complexity index is 1030. The molecule has 5 rings (SSSR count). The van der Waals surface area contributed by atoms with E-state index in [0.29, 0.717) is 5.88 Å². The summed E-state index contributed by atoms with van der Waals surface area (Å²) in [5.41, 5.74) is 1.76. The van der Waals surface area contributed by atoms with E-state index in [1.165, 1.54) is 12.7 Å². The van der Waals surface area contributed by atoms with Crippen LogP contribution in [0.5, 0.6) is 17.4 Å². The van der Waals surface area contributed by atoms with E-state index in [0.717, 1.165) is 59.7 Å². The van der Waals surface area contributed by atoms with Gasteiger partial charge >= 0.3 is 0 Å². The number of para-hydroxylation sites is 1. The first kappa shape index (κ1) is 16.8. The second kappa shape index (κ2) is 7.34. The quantitative estimate of drug-likeness (QED) is 0.395. The Morgan fingerprint density at radius 3 is 2.75 bits per heavy atom. The molecule has 2 aliphatic heterocycles. The van der Waals surface area contributed by atoms with Crippen molar-refractivity contribution in [2.24, 2.45) is 5.16 Å². The highest BCUT2D eigenvalue weighted by Gasteiger charge is 2.21. The molecule has 7 heteroatoms. The average molecular weight is 376 g/mol. The number of benzene rings is 2. The molecule has 0 amide bonds. The summed E-state index contributed by atoms with van der Waals surface area (Å²) in [5.74, 6) is 2.71. The zero-order chi connectivity index (χ0) is 18.8. The van der Waals surface area contributed by atoms with Crippen molar-refractivity contribution in [3.63, 3.8) is 0 Å². The van der Waals surface area contributed by atoms with Crippen LogP contribution in [-0.4, -0.2) is 40.6 Å². The maximum Gasteiger partial charge on any atom is 0.259 e. The third-order valence-electron chi connectivity index (χ3n) is 5.01. The molecule has 1 saturated heterocycles. The van der Waals surface area contributed by atoms with E-state index in [1.807, 2.05) is 42.5 Å². The van der Waals surface area contributed by atoms with Gasteiger partial charge in [0.25, 0.3) is 5.88 Å². The van der Waals surface area contributed by atoms with Gasteiger partial charge in [-0.25, -0.2) is 4.98 Å². The van der Waals surface area contributed by atoms with Crippen molar-refractivity contribution in [2.45, 2.75) is 19.3 Å². The van der Waals surface area contributed by atoms with Crippen LogP contribution in [0.15, 0.2) is 53.9 Å². The summed E-state index contributed by atoms with van der Waals surface area (Å²) >= 11 is 0. The van der Waals surface area contributed by atoms with Crippen molar-refractivity contribution >= 4 is 16.7 Å². The van der Waals surface area contributed by atoms with Crippen LogP contribution in [0.4, 0.5) is 0 Å². The van der Waals surface area contributed by atoms with E-state index < -0.39 is 0 Å². The summed E-state index contributed by atoms with van der Waals surface area (Å²) in [6.07, 6.45) is 5.01.